The van der Waals surface area contributed by atoms with Crippen LogP contribution in [0.25, 0.3) is 0 Å². The van der Waals surface area contributed by atoms with Gasteiger partial charge in [-0.3, -0.25) is 0 Å². The summed E-state index contributed by atoms with van der Waals surface area (Å²) >= 11 is 1.53. The van der Waals surface area contributed by atoms with Gasteiger partial charge >= 0.3 is 0 Å². The molecule has 0 saturated heterocycles. The lowest BCUT2D eigenvalue weighted by Crippen LogP contribution is -2.13. The van der Waals surface area contributed by atoms with Gasteiger partial charge in [-0.15, -0.1) is 11.8 Å². The van der Waals surface area contributed by atoms with E-state index >= 15 is 0 Å². The monoisotopic (exact) mass is 294 g/mol. The van der Waals surface area contributed by atoms with Crippen molar-refractivity contribution in [3.05, 3.63) is 65.2 Å². The van der Waals surface area contributed by atoms with Gasteiger partial charge < -0.3 is 5.11 Å². The van der Waals surface area contributed by atoms with Crippen molar-refractivity contribution in [2.24, 2.45) is 0 Å². The standard InChI is InChI=1S/C16H16F2OS/c1-11-2-4-16(5-3-11)20-10-15(19)8-12-6-13(17)9-14(18)7-12/h2-7,9,15,19H,8,10H2,1H3. The van der Waals surface area contributed by atoms with E-state index in [1.807, 2.05) is 31.2 Å². The number of aryl methyl sites for hydroxylation is 1. The molecule has 106 valence electrons. The van der Waals surface area contributed by atoms with E-state index in [1.165, 1.54) is 29.5 Å². The van der Waals surface area contributed by atoms with Crippen molar-refractivity contribution < 1.29 is 13.9 Å². The molecule has 2 aromatic rings. The Kier molecular flexibility index (Phi) is 5.15. The van der Waals surface area contributed by atoms with Crippen LogP contribution in [0.5, 0.6) is 0 Å². The van der Waals surface area contributed by atoms with Crippen LogP contribution in [0.3, 0.4) is 0 Å². The Bertz CT molecular complexity index is 549. The molecule has 0 aliphatic carbocycles. The summed E-state index contributed by atoms with van der Waals surface area (Å²) in [5.74, 6) is -0.738. The highest BCUT2D eigenvalue weighted by atomic mass is 32.2. The summed E-state index contributed by atoms with van der Waals surface area (Å²) in [7, 11) is 0. The summed E-state index contributed by atoms with van der Waals surface area (Å²) in [6.45, 7) is 2.02. The fraction of sp³-hybridized carbons (Fsp3) is 0.250. The lowest BCUT2D eigenvalue weighted by molar-refractivity contribution is 0.200. The van der Waals surface area contributed by atoms with Crippen LogP contribution in [-0.2, 0) is 6.42 Å². The average molecular weight is 294 g/mol. The molecule has 2 rings (SSSR count). The third-order valence-electron chi connectivity index (χ3n) is 2.86. The van der Waals surface area contributed by atoms with Gasteiger partial charge in [-0.05, 0) is 43.2 Å². The van der Waals surface area contributed by atoms with Gasteiger partial charge in [0, 0.05) is 16.7 Å². The molecule has 20 heavy (non-hydrogen) atoms. The molecule has 1 unspecified atom stereocenters. The van der Waals surface area contributed by atoms with E-state index in [4.69, 9.17) is 0 Å². The van der Waals surface area contributed by atoms with Crippen molar-refractivity contribution in [2.75, 3.05) is 5.75 Å². The number of halogens is 2. The first-order chi connectivity index (χ1) is 9.52. The van der Waals surface area contributed by atoms with Crippen molar-refractivity contribution in [1.29, 1.82) is 0 Å². The fourth-order valence-corrected chi connectivity index (χ4v) is 2.72. The van der Waals surface area contributed by atoms with Gasteiger partial charge in [0.05, 0.1) is 6.10 Å². The molecular weight excluding hydrogens is 278 g/mol. The van der Waals surface area contributed by atoms with E-state index in [0.29, 0.717) is 11.3 Å². The quantitative estimate of drug-likeness (QED) is 0.842. The first-order valence-electron chi connectivity index (χ1n) is 6.35. The van der Waals surface area contributed by atoms with Gasteiger partial charge in [-0.25, -0.2) is 8.78 Å². The van der Waals surface area contributed by atoms with Crippen LogP contribution in [-0.4, -0.2) is 17.0 Å². The summed E-state index contributed by atoms with van der Waals surface area (Å²) in [6, 6.07) is 11.3. The zero-order valence-corrected chi connectivity index (χ0v) is 12.0. The second-order valence-corrected chi connectivity index (χ2v) is 5.85. The molecule has 0 aliphatic rings. The number of rotatable bonds is 5. The van der Waals surface area contributed by atoms with Crippen molar-refractivity contribution in [2.45, 2.75) is 24.3 Å². The molecule has 0 bridgehead atoms. The zero-order chi connectivity index (χ0) is 14.5. The number of aliphatic hydroxyl groups excluding tert-OH is 1. The second-order valence-electron chi connectivity index (χ2n) is 4.76. The molecule has 0 amide bonds. The second kappa shape index (κ2) is 6.86. The Morgan fingerprint density at radius 1 is 1.05 bits per heavy atom. The lowest BCUT2D eigenvalue weighted by Gasteiger charge is -2.11. The number of hydrogen-bond donors (Lipinski definition) is 1. The van der Waals surface area contributed by atoms with Crippen LogP contribution in [0, 0.1) is 18.6 Å². The molecule has 0 saturated carbocycles. The molecule has 0 radical (unpaired) electrons. The maximum absolute atomic E-state index is 13.0. The van der Waals surface area contributed by atoms with Gasteiger partial charge in [0.15, 0.2) is 0 Å². The summed E-state index contributed by atoms with van der Waals surface area (Å²) in [4.78, 5) is 1.07. The third-order valence-corrected chi connectivity index (χ3v) is 4.01. The lowest BCUT2D eigenvalue weighted by atomic mass is 10.1. The first-order valence-corrected chi connectivity index (χ1v) is 7.34. The molecule has 0 heterocycles. The number of hydrogen-bond acceptors (Lipinski definition) is 2. The topological polar surface area (TPSA) is 20.2 Å². The van der Waals surface area contributed by atoms with E-state index in [-0.39, 0.29) is 6.42 Å². The van der Waals surface area contributed by atoms with Crippen molar-refractivity contribution in [3.8, 4) is 0 Å². The first kappa shape index (κ1) is 15.0. The maximum atomic E-state index is 13.0. The van der Waals surface area contributed by atoms with E-state index in [0.717, 1.165) is 11.0 Å². The molecular formula is C16H16F2OS. The highest BCUT2D eigenvalue weighted by Crippen LogP contribution is 2.20. The fourth-order valence-electron chi connectivity index (χ4n) is 1.89. The smallest absolute Gasteiger partial charge is 0.126 e. The van der Waals surface area contributed by atoms with Crippen molar-refractivity contribution >= 4 is 11.8 Å². The predicted molar refractivity (Wildman–Crippen MR) is 78.0 cm³/mol. The molecule has 2 aromatic carbocycles. The normalized spacial score (nSPS) is 12.4. The number of thioether (sulfide) groups is 1. The average Bonchev–Trinajstić information content (AvgIpc) is 2.37. The zero-order valence-electron chi connectivity index (χ0n) is 11.1. The summed E-state index contributed by atoms with van der Waals surface area (Å²) in [6.07, 6.45) is -0.393. The summed E-state index contributed by atoms with van der Waals surface area (Å²) in [5, 5.41) is 9.93. The summed E-state index contributed by atoms with van der Waals surface area (Å²) in [5.41, 5.74) is 1.66. The Balaban J connectivity index is 1.88. The van der Waals surface area contributed by atoms with E-state index in [2.05, 4.69) is 0 Å². The SMILES string of the molecule is Cc1ccc(SCC(O)Cc2cc(F)cc(F)c2)cc1. The molecule has 0 spiro atoms. The minimum absolute atomic E-state index is 0.244. The molecule has 1 N–H and O–H groups in total. The predicted octanol–water partition coefficient (Wildman–Crippen LogP) is 3.97. The van der Waals surface area contributed by atoms with Crippen LogP contribution in [0.4, 0.5) is 8.78 Å². The summed E-state index contributed by atoms with van der Waals surface area (Å²) < 4.78 is 26.1. The molecule has 1 atom stereocenters. The number of benzene rings is 2. The Labute approximate surface area is 121 Å². The number of aliphatic hydroxyl groups is 1. The van der Waals surface area contributed by atoms with Crippen LogP contribution >= 0.6 is 11.8 Å². The van der Waals surface area contributed by atoms with E-state index < -0.39 is 17.7 Å². The Morgan fingerprint density at radius 3 is 2.25 bits per heavy atom. The van der Waals surface area contributed by atoms with Crippen LogP contribution in [0.1, 0.15) is 11.1 Å². The molecule has 4 heteroatoms. The van der Waals surface area contributed by atoms with Crippen molar-refractivity contribution in [1.82, 2.24) is 0 Å². The highest BCUT2D eigenvalue weighted by molar-refractivity contribution is 7.99. The van der Waals surface area contributed by atoms with Crippen molar-refractivity contribution in [3.63, 3.8) is 0 Å². The molecule has 0 aliphatic heterocycles. The largest absolute Gasteiger partial charge is 0.392 e. The molecule has 1 nitrogen and oxygen atoms in total. The van der Waals surface area contributed by atoms with Gasteiger partial charge in [-0.2, -0.15) is 0 Å². The molecule has 0 aromatic heterocycles. The third kappa shape index (κ3) is 4.62. The van der Waals surface area contributed by atoms with E-state index in [1.54, 1.807) is 0 Å². The Hall–Kier alpha value is -1.39. The van der Waals surface area contributed by atoms with Crippen LogP contribution < -0.4 is 0 Å². The van der Waals surface area contributed by atoms with Crippen LogP contribution in [0.2, 0.25) is 0 Å². The minimum Gasteiger partial charge on any atom is -0.392 e. The highest BCUT2D eigenvalue weighted by Gasteiger charge is 2.09. The minimum atomic E-state index is -0.637. The maximum Gasteiger partial charge on any atom is 0.126 e. The van der Waals surface area contributed by atoms with Gasteiger partial charge in [0.1, 0.15) is 11.6 Å². The van der Waals surface area contributed by atoms with Gasteiger partial charge in [0.2, 0.25) is 0 Å². The Morgan fingerprint density at radius 2 is 1.65 bits per heavy atom. The van der Waals surface area contributed by atoms with Gasteiger partial charge in [-0.1, -0.05) is 17.7 Å². The van der Waals surface area contributed by atoms with E-state index in [9.17, 15) is 13.9 Å². The molecule has 0 fully saturated rings. The van der Waals surface area contributed by atoms with Crippen LogP contribution in [0.15, 0.2) is 47.4 Å². The van der Waals surface area contributed by atoms with Gasteiger partial charge in [0.25, 0.3) is 0 Å².